The number of rotatable bonds is 15. The zero-order valence-electron chi connectivity index (χ0n) is 16.4. The Labute approximate surface area is 151 Å². The van der Waals surface area contributed by atoms with Crippen molar-refractivity contribution in [1.82, 2.24) is 0 Å². The lowest BCUT2D eigenvalue weighted by molar-refractivity contribution is 0.374. The van der Waals surface area contributed by atoms with Gasteiger partial charge in [0, 0.05) is 0 Å². The third kappa shape index (κ3) is 9.30. The third-order valence-corrected chi connectivity index (χ3v) is 5.27. The fourth-order valence-corrected chi connectivity index (χ4v) is 3.69. The maximum absolute atomic E-state index is 3.95. The summed E-state index contributed by atoms with van der Waals surface area (Å²) in [7, 11) is 0. The first kappa shape index (κ1) is 21.0. The Balaban J connectivity index is 2.36. The van der Waals surface area contributed by atoms with Gasteiger partial charge in [0.1, 0.15) is 0 Å². The Morgan fingerprint density at radius 2 is 1.38 bits per heavy atom. The Bertz CT molecular complexity index is 406. The van der Waals surface area contributed by atoms with E-state index in [0.717, 1.165) is 5.92 Å². The molecule has 0 atom stereocenters. The Hall–Kier alpha value is -1.04. The third-order valence-electron chi connectivity index (χ3n) is 5.27. The molecule has 0 radical (unpaired) electrons. The zero-order chi connectivity index (χ0) is 17.5. The Kier molecular flexibility index (Phi) is 12.5. The summed E-state index contributed by atoms with van der Waals surface area (Å²) in [5.74, 6) is 0.953. The summed E-state index contributed by atoms with van der Waals surface area (Å²) in [4.78, 5) is 0. The lowest BCUT2D eigenvalue weighted by Gasteiger charge is -2.17. The van der Waals surface area contributed by atoms with E-state index in [1.807, 2.05) is 6.08 Å². The van der Waals surface area contributed by atoms with E-state index in [1.54, 1.807) is 0 Å². The van der Waals surface area contributed by atoms with Gasteiger partial charge < -0.3 is 0 Å². The quantitative estimate of drug-likeness (QED) is 0.284. The summed E-state index contributed by atoms with van der Waals surface area (Å²) in [6, 6.07) is 8.74. The summed E-state index contributed by atoms with van der Waals surface area (Å²) in [6.45, 7) is 8.56. The standard InChI is InChI=1S/C24H40/c1-4-7-9-11-16-22(17-12-10-8-5-2)18-15-21-24-20-14-13-19-23(24)6-3/h6,13-14,19-20,22H,3-5,7-12,15-18,21H2,1-2H3. The van der Waals surface area contributed by atoms with Gasteiger partial charge in [-0.05, 0) is 29.9 Å². The Morgan fingerprint density at radius 3 is 1.96 bits per heavy atom. The lowest BCUT2D eigenvalue weighted by Crippen LogP contribution is -2.03. The van der Waals surface area contributed by atoms with Crippen LogP contribution >= 0.6 is 0 Å². The van der Waals surface area contributed by atoms with Gasteiger partial charge in [-0.2, -0.15) is 0 Å². The van der Waals surface area contributed by atoms with Crippen molar-refractivity contribution < 1.29 is 0 Å². The minimum atomic E-state index is 0.953. The van der Waals surface area contributed by atoms with Crippen molar-refractivity contribution in [1.29, 1.82) is 0 Å². The SMILES string of the molecule is C=Cc1ccccc1CCCC(CCCCCC)CCCCCC. The molecule has 0 bridgehead atoms. The van der Waals surface area contributed by atoms with Crippen molar-refractivity contribution in [3.63, 3.8) is 0 Å². The molecule has 24 heavy (non-hydrogen) atoms. The normalized spacial score (nSPS) is 11.1. The van der Waals surface area contributed by atoms with Gasteiger partial charge in [-0.15, -0.1) is 0 Å². The fraction of sp³-hybridized carbons (Fsp3) is 0.667. The highest BCUT2D eigenvalue weighted by Crippen LogP contribution is 2.24. The number of aryl methyl sites for hydroxylation is 1. The Morgan fingerprint density at radius 1 is 0.792 bits per heavy atom. The lowest BCUT2D eigenvalue weighted by atomic mass is 9.89. The van der Waals surface area contributed by atoms with Crippen LogP contribution in [0.25, 0.3) is 6.08 Å². The molecule has 0 heteroatoms. The van der Waals surface area contributed by atoms with E-state index in [0.29, 0.717) is 0 Å². The number of benzene rings is 1. The van der Waals surface area contributed by atoms with E-state index in [1.165, 1.54) is 94.6 Å². The van der Waals surface area contributed by atoms with E-state index in [2.05, 4.69) is 44.7 Å². The van der Waals surface area contributed by atoms with E-state index < -0.39 is 0 Å². The van der Waals surface area contributed by atoms with Crippen LogP contribution in [0.5, 0.6) is 0 Å². The molecule has 1 rings (SSSR count). The van der Waals surface area contributed by atoms with E-state index in [-0.39, 0.29) is 0 Å². The predicted molar refractivity (Wildman–Crippen MR) is 110 cm³/mol. The second kappa shape index (κ2) is 14.3. The smallest absolute Gasteiger partial charge is 0.0230 e. The highest BCUT2D eigenvalue weighted by molar-refractivity contribution is 5.51. The zero-order valence-corrected chi connectivity index (χ0v) is 16.4. The van der Waals surface area contributed by atoms with Gasteiger partial charge in [0.05, 0.1) is 0 Å². The van der Waals surface area contributed by atoms with Crippen LogP contribution in [0, 0.1) is 5.92 Å². The van der Waals surface area contributed by atoms with Crippen molar-refractivity contribution in [2.24, 2.45) is 5.92 Å². The van der Waals surface area contributed by atoms with Gasteiger partial charge in [-0.1, -0.05) is 121 Å². The maximum Gasteiger partial charge on any atom is -0.0230 e. The van der Waals surface area contributed by atoms with Crippen LogP contribution in [0.2, 0.25) is 0 Å². The molecule has 0 aliphatic heterocycles. The average Bonchev–Trinajstić information content (AvgIpc) is 2.62. The summed E-state index contributed by atoms with van der Waals surface area (Å²) < 4.78 is 0. The predicted octanol–water partition coefficient (Wildman–Crippen LogP) is 8.21. The number of unbranched alkanes of at least 4 members (excludes halogenated alkanes) is 6. The molecular formula is C24H40. The molecular weight excluding hydrogens is 288 g/mol. The summed E-state index contributed by atoms with van der Waals surface area (Å²) in [5.41, 5.74) is 2.79. The van der Waals surface area contributed by atoms with Crippen molar-refractivity contribution in [3.05, 3.63) is 42.0 Å². The number of hydrogen-bond acceptors (Lipinski definition) is 0. The van der Waals surface area contributed by atoms with Gasteiger partial charge in [0.25, 0.3) is 0 Å². The van der Waals surface area contributed by atoms with Crippen molar-refractivity contribution >= 4 is 6.08 Å². The summed E-state index contributed by atoms with van der Waals surface area (Å²) in [5, 5.41) is 0. The first-order valence-corrected chi connectivity index (χ1v) is 10.5. The van der Waals surface area contributed by atoms with E-state index in [4.69, 9.17) is 0 Å². The maximum atomic E-state index is 3.95. The molecule has 0 nitrogen and oxygen atoms in total. The minimum Gasteiger partial charge on any atom is -0.0985 e. The average molecular weight is 329 g/mol. The van der Waals surface area contributed by atoms with Gasteiger partial charge in [0.15, 0.2) is 0 Å². The first-order chi connectivity index (χ1) is 11.8. The van der Waals surface area contributed by atoms with Crippen LogP contribution < -0.4 is 0 Å². The molecule has 0 N–H and O–H groups in total. The molecule has 0 unspecified atom stereocenters. The second-order valence-corrected chi connectivity index (χ2v) is 7.36. The molecule has 0 saturated carbocycles. The highest BCUT2D eigenvalue weighted by Gasteiger charge is 2.09. The first-order valence-electron chi connectivity index (χ1n) is 10.5. The summed E-state index contributed by atoms with van der Waals surface area (Å²) >= 11 is 0. The van der Waals surface area contributed by atoms with Crippen LogP contribution in [0.3, 0.4) is 0 Å². The molecule has 0 amide bonds. The van der Waals surface area contributed by atoms with Gasteiger partial charge in [0.2, 0.25) is 0 Å². The molecule has 136 valence electrons. The van der Waals surface area contributed by atoms with Crippen LogP contribution in [-0.4, -0.2) is 0 Å². The van der Waals surface area contributed by atoms with Crippen LogP contribution in [0.15, 0.2) is 30.8 Å². The topological polar surface area (TPSA) is 0 Å². The van der Waals surface area contributed by atoms with Crippen molar-refractivity contribution in [3.8, 4) is 0 Å². The monoisotopic (exact) mass is 328 g/mol. The van der Waals surface area contributed by atoms with Crippen molar-refractivity contribution in [2.45, 2.75) is 97.3 Å². The molecule has 0 fully saturated rings. The second-order valence-electron chi connectivity index (χ2n) is 7.36. The molecule has 1 aromatic carbocycles. The van der Waals surface area contributed by atoms with Crippen LogP contribution in [-0.2, 0) is 6.42 Å². The van der Waals surface area contributed by atoms with Crippen LogP contribution in [0.1, 0.15) is 102 Å². The molecule has 0 spiro atoms. The molecule has 0 aliphatic carbocycles. The molecule has 0 heterocycles. The van der Waals surface area contributed by atoms with Gasteiger partial charge in [-0.25, -0.2) is 0 Å². The molecule has 0 aromatic heterocycles. The molecule has 0 saturated heterocycles. The molecule has 1 aromatic rings. The molecule has 0 aliphatic rings. The number of hydrogen-bond donors (Lipinski definition) is 0. The largest absolute Gasteiger partial charge is 0.0985 e. The van der Waals surface area contributed by atoms with E-state index in [9.17, 15) is 0 Å². The van der Waals surface area contributed by atoms with Crippen molar-refractivity contribution in [2.75, 3.05) is 0 Å². The summed E-state index contributed by atoms with van der Waals surface area (Å²) in [6.07, 6.45) is 20.1. The highest BCUT2D eigenvalue weighted by atomic mass is 14.1. The minimum absolute atomic E-state index is 0.953. The van der Waals surface area contributed by atoms with Gasteiger partial charge in [-0.3, -0.25) is 0 Å². The van der Waals surface area contributed by atoms with Crippen LogP contribution in [0.4, 0.5) is 0 Å². The van der Waals surface area contributed by atoms with Gasteiger partial charge >= 0.3 is 0 Å². The fourth-order valence-electron chi connectivity index (χ4n) is 3.69. The van der Waals surface area contributed by atoms with E-state index >= 15 is 0 Å².